The number of hydrogen-bond acceptors (Lipinski definition) is 3. The van der Waals surface area contributed by atoms with Gasteiger partial charge in [0.25, 0.3) is 0 Å². The summed E-state index contributed by atoms with van der Waals surface area (Å²) in [6, 6.07) is 4.60. The van der Waals surface area contributed by atoms with Crippen molar-refractivity contribution in [2.75, 3.05) is 24.5 Å². The topological polar surface area (TPSA) is 41.6 Å². The standard InChI is InChI=1S/C15H17F3N2O2/c16-15(17,18)11-1-3-12(4-2-11)20-9-13(22-14(20)21)10-5-7-19-8-6-10/h1-4,10,13,19H,5-9H2. The number of hydrogen-bond donors (Lipinski definition) is 1. The molecule has 1 aromatic rings. The number of ether oxygens (including phenoxy) is 1. The maximum Gasteiger partial charge on any atom is 0.416 e. The van der Waals surface area contributed by atoms with Crippen molar-refractivity contribution in [3.05, 3.63) is 29.8 Å². The molecule has 0 aromatic heterocycles. The van der Waals surface area contributed by atoms with Gasteiger partial charge in [-0.3, -0.25) is 4.90 Å². The highest BCUT2D eigenvalue weighted by Gasteiger charge is 2.38. The predicted molar refractivity (Wildman–Crippen MR) is 74.7 cm³/mol. The second kappa shape index (κ2) is 5.79. The molecule has 120 valence electrons. The van der Waals surface area contributed by atoms with Gasteiger partial charge in [0.05, 0.1) is 12.1 Å². The summed E-state index contributed by atoms with van der Waals surface area (Å²) in [7, 11) is 0. The smallest absolute Gasteiger partial charge is 0.416 e. The van der Waals surface area contributed by atoms with Crippen LogP contribution in [0, 0.1) is 5.92 Å². The lowest BCUT2D eigenvalue weighted by Gasteiger charge is -2.26. The van der Waals surface area contributed by atoms with E-state index in [0.717, 1.165) is 38.1 Å². The molecule has 0 saturated carbocycles. The summed E-state index contributed by atoms with van der Waals surface area (Å²) in [6.07, 6.45) is -3.15. The summed E-state index contributed by atoms with van der Waals surface area (Å²) in [5, 5.41) is 3.25. The molecule has 7 heteroatoms. The van der Waals surface area contributed by atoms with Crippen molar-refractivity contribution in [3.8, 4) is 0 Å². The number of carbonyl (C=O) groups excluding carboxylic acids is 1. The Morgan fingerprint density at radius 1 is 1.14 bits per heavy atom. The fourth-order valence-electron chi connectivity index (χ4n) is 2.99. The normalized spacial score (nSPS) is 23.7. The van der Waals surface area contributed by atoms with Crippen LogP contribution in [0.5, 0.6) is 0 Å². The lowest BCUT2D eigenvalue weighted by atomic mass is 9.92. The van der Waals surface area contributed by atoms with Gasteiger partial charge in [-0.1, -0.05) is 0 Å². The zero-order chi connectivity index (χ0) is 15.7. The Labute approximate surface area is 126 Å². The van der Waals surface area contributed by atoms with Crippen molar-refractivity contribution in [2.24, 2.45) is 5.92 Å². The number of anilines is 1. The van der Waals surface area contributed by atoms with Crippen LogP contribution in [0.25, 0.3) is 0 Å². The Hall–Kier alpha value is -1.76. The molecular weight excluding hydrogens is 297 g/mol. The van der Waals surface area contributed by atoms with E-state index in [0.29, 0.717) is 18.2 Å². The Bertz CT molecular complexity index is 539. The quantitative estimate of drug-likeness (QED) is 0.912. The summed E-state index contributed by atoms with van der Waals surface area (Å²) < 4.78 is 43.1. The van der Waals surface area contributed by atoms with Gasteiger partial charge < -0.3 is 10.1 Å². The van der Waals surface area contributed by atoms with Crippen molar-refractivity contribution < 1.29 is 22.7 Å². The molecule has 1 N–H and O–H groups in total. The Morgan fingerprint density at radius 2 is 1.77 bits per heavy atom. The van der Waals surface area contributed by atoms with Gasteiger partial charge in [-0.15, -0.1) is 0 Å². The van der Waals surface area contributed by atoms with Gasteiger partial charge in [-0.2, -0.15) is 13.2 Å². The summed E-state index contributed by atoms with van der Waals surface area (Å²) in [5.41, 5.74) is -0.284. The van der Waals surface area contributed by atoms with Gasteiger partial charge in [0.1, 0.15) is 6.10 Å². The van der Waals surface area contributed by atoms with Crippen LogP contribution in [-0.2, 0) is 10.9 Å². The molecule has 1 unspecified atom stereocenters. The molecule has 0 spiro atoms. The van der Waals surface area contributed by atoms with Crippen LogP contribution in [0.4, 0.5) is 23.7 Å². The van der Waals surface area contributed by atoms with Gasteiger partial charge in [-0.05, 0) is 50.2 Å². The predicted octanol–water partition coefficient (Wildman–Crippen LogP) is 3.03. The maximum absolute atomic E-state index is 12.6. The molecule has 0 aliphatic carbocycles. The van der Waals surface area contributed by atoms with Crippen LogP contribution in [0.2, 0.25) is 0 Å². The third kappa shape index (κ3) is 3.04. The first kappa shape index (κ1) is 15.1. The molecule has 2 heterocycles. The minimum Gasteiger partial charge on any atom is -0.444 e. The molecule has 2 aliphatic heterocycles. The minimum atomic E-state index is -4.37. The van der Waals surface area contributed by atoms with Crippen LogP contribution >= 0.6 is 0 Å². The number of cyclic esters (lactones) is 1. The average molecular weight is 314 g/mol. The number of carbonyl (C=O) groups is 1. The van der Waals surface area contributed by atoms with Crippen LogP contribution in [0.15, 0.2) is 24.3 Å². The lowest BCUT2D eigenvalue weighted by Crippen LogP contribution is -2.36. The van der Waals surface area contributed by atoms with E-state index in [1.54, 1.807) is 0 Å². The zero-order valence-corrected chi connectivity index (χ0v) is 11.9. The van der Waals surface area contributed by atoms with E-state index in [1.165, 1.54) is 17.0 Å². The molecule has 2 fully saturated rings. The highest BCUT2D eigenvalue weighted by atomic mass is 19.4. The Balaban J connectivity index is 1.71. The van der Waals surface area contributed by atoms with Gasteiger partial charge in [-0.25, -0.2) is 4.79 Å². The monoisotopic (exact) mass is 314 g/mol. The van der Waals surface area contributed by atoms with E-state index >= 15 is 0 Å². The van der Waals surface area contributed by atoms with E-state index in [4.69, 9.17) is 4.74 Å². The highest BCUT2D eigenvalue weighted by molar-refractivity contribution is 5.89. The molecule has 3 rings (SSSR count). The van der Waals surface area contributed by atoms with Crippen LogP contribution in [0.3, 0.4) is 0 Å². The van der Waals surface area contributed by atoms with Crippen molar-refractivity contribution in [3.63, 3.8) is 0 Å². The van der Waals surface area contributed by atoms with E-state index in [9.17, 15) is 18.0 Å². The summed E-state index contributed by atoms with van der Waals surface area (Å²) >= 11 is 0. The minimum absolute atomic E-state index is 0.183. The highest BCUT2D eigenvalue weighted by Crippen LogP contribution is 2.32. The van der Waals surface area contributed by atoms with Crippen LogP contribution in [0.1, 0.15) is 18.4 Å². The SMILES string of the molecule is O=C1OC(C2CCNCC2)CN1c1ccc(C(F)(F)F)cc1. The lowest BCUT2D eigenvalue weighted by molar-refractivity contribution is -0.137. The molecule has 2 aliphatic rings. The number of halogens is 3. The summed E-state index contributed by atoms with van der Waals surface area (Å²) in [5.74, 6) is 0.310. The molecule has 0 radical (unpaired) electrons. The number of piperidine rings is 1. The number of amides is 1. The first-order chi connectivity index (χ1) is 10.4. The second-order valence-corrected chi connectivity index (χ2v) is 5.66. The van der Waals surface area contributed by atoms with E-state index in [-0.39, 0.29) is 6.10 Å². The van der Waals surface area contributed by atoms with Crippen LogP contribution < -0.4 is 10.2 Å². The fourth-order valence-corrected chi connectivity index (χ4v) is 2.99. The largest absolute Gasteiger partial charge is 0.444 e. The number of benzene rings is 1. The molecule has 4 nitrogen and oxygen atoms in total. The molecule has 1 atom stereocenters. The number of nitrogens with zero attached hydrogens (tertiary/aromatic N) is 1. The van der Waals surface area contributed by atoms with E-state index in [2.05, 4.69) is 5.32 Å². The molecule has 0 bridgehead atoms. The molecule has 22 heavy (non-hydrogen) atoms. The fraction of sp³-hybridized carbons (Fsp3) is 0.533. The second-order valence-electron chi connectivity index (χ2n) is 5.66. The third-order valence-corrected chi connectivity index (χ3v) is 4.25. The first-order valence-corrected chi connectivity index (χ1v) is 7.31. The van der Waals surface area contributed by atoms with Crippen molar-refractivity contribution in [2.45, 2.75) is 25.1 Å². The number of alkyl halides is 3. The van der Waals surface area contributed by atoms with Crippen molar-refractivity contribution >= 4 is 11.8 Å². The van der Waals surface area contributed by atoms with Gasteiger partial charge in [0, 0.05) is 11.6 Å². The molecule has 2 saturated heterocycles. The van der Waals surface area contributed by atoms with E-state index in [1.807, 2.05) is 0 Å². The molecule has 1 amide bonds. The maximum atomic E-state index is 12.6. The average Bonchev–Trinajstić information content (AvgIpc) is 2.89. The molecule has 1 aromatic carbocycles. The summed E-state index contributed by atoms with van der Waals surface area (Å²) in [6.45, 7) is 2.20. The van der Waals surface area contributed by atoms with Gasteiger partial charge >= 0.3 is 12.3 Å². The van der Waals surface area contributed by atoms with Crippen LogP contribution in [-0.4, -0.2) is 31.8 Å². The van der Waals surface area contributed by atoms with Crippen molar-refractivity contribution in [1.29, 1.82) is 0 Å². The first-order valence-electron chi connectivity index (χ1n) is 7.31. The van der Waals surface area contributed by atoms with Gasteiger partial charge in [0.2, 0.25) is 0 Å². The summed E-state index contributed by atoms with van der Waals surface area (Å²) in [4.78, 5) is 13.4. The van der Waals surface area contributed by atoms with Gasteiger partial charge in [0.15, 0.2) is 0 Å². The third-order valence-electron chi connectivity index (χ3n) is 4.25. The number of rotatable bonds is 2. The van der Waals surface area contributed by atoms with E-state index < -0.39 is 17.8 Å². The number of nitrogens with one attached hydrogen (secondary N) is 1. The Morgan fingerprint density at radius 3 is 2.36 bits per heavy atom. The Kier molecular flexibility index (Phi) is 3.99. The van der Waals surface area contributed by atoms with Crippen molar-refractivity contribution in [1.82, 2.24) is 5.32 Å². The molecular formula is C15H17F3N2O2. The zero-order valence-electron chi connectivity index (χ0n) is 11.9.